The maximum Gasteiger partial charge on any atom is 0.409 e. The lowest BCUT2D eigenvalue weighted by Crippen LogP contribution is -2.27. The highest BCUT2D eigenvalue weighted by Gasteiger charge is 2.27. The lowest BCUT2D eigenvalue weighted by atomic mass is 9.88. The Kier molecular flexibility index (Phi) is 6.16. The van der Waals surface area contributed by atoms with Gasteiger partial charge in [-0.1, -0.05) is 0 Å². The fourth-order valence-corrected chi connectivity index (χ4v) is 4.33. The Hall–Kier alpha value is -3.05. The molecule has 0 saturated carbocycles. The van der Waals surface area contributed by atoms with Crippen molar-refractivity contribution in [3.63, 3.8) is 0 Å². The Balaban J connectivity index is 1.66. The van der Waals surface area contributed by atoms with Gasteiger partial charge in [0.05, 0.1) is 18.4 Å². The highest BCUT2D eigenvalue weighted by Crippen LogP contribution is 2.39. The molecule has 1 aliphatic rings. The molecule has 0 fully saturated rings. The minimum Gasteiger partial charge on any atom is -0.465 e. The van der Waals surface area contributed by atoms with E-state index >= 15 is 0 Å². The molecule has 146 valence electrons. The van der Waals surface area contributed by atoms with E-state index in [4.69, 9.17) is 9.15 Å². The van der Waals surface area contributed by atoms with Gasteiger partial charge in [0.1, 0.15) is 16.8 Å². The second-order valence-electron chi connectivity index (χ2n) is 6.74. The molecular formula is C20H21N3O4S. The van der Waals surface area contributed by atoms with Gasteiger partial charge >= 0.3 is 6.09 Å². The summed E-state index contributed by atoms with van der Waals surface area (Å²) in [6.45, 7) is 0.351. The second kappa shape index (κ2) is 8.76. The first-order valence-electron chi connectivity index (χ1n) is 8.89. The van der Waals surface area contributed by atoms with E-state index in [0.29, 0.717) is 22.9 Å². The van der Waals surface area contributed by atoms with Gasteiger partial charge in [0.2, 0.25) is 5.91 Å². The molecule has 3 rings (SSSR count). The molecule has 8 heteroatoms. The Morgan fingerprint density at radius 2 is 2.32 bits per heavy atom. The number of anilines is 1. The van der Waals surface area contributed by atoms with Gasteiger partial charge in [-0.2, -0.15) is 5.26 Å². The van der Waals surface area contributed by atoms with Crippen LogP contribution in [0.1, 0.15) is 28.2 Å². The number of fused-ring (bicyclic) bond motifs is 1. The summed E-state index contributed by atoms with van der Waals surface area (Å²) in [4.78, 5) is 26.3. The molecular weight excluding hydrogens is 378 g/mol. The molecule has 1 unspecified atom stereocenters. The molecule has 0 spiro atoms. The lowest BCUT2D eigenvalue weighted by Gasteiger charge is -2.22. The summed E-state index contributed by atoms with van der Waals surface area (Å²) < 4.78 is 10.4. The van der Waals surface area contributed by atoms with Crippen LogP contribution in [0.3, 0.4) is 0 Å². The summed E-state index contributed by atoms with van der Waals surface area (Å²) >= 11 is 1.42. The van der Waals surface area contributed by atoms with Crippen molar-refractivity contribution in [3.05, 3.63) is 46.2 Å². The average molecular weight is 399 g/mol. The number of rotatable bonds is 5. The van der Waals surface area contributed by atoms with Gasteiger partial charge in [0.25, 0.3) is 0 Å². The number of carbonyl (C=O) groups excluding carboxylic acids is 2. The highest BCUT2D eigenvalue weighted by atomic mass is 32.1. The van der Waals surface area contributed by atoms with Crippen molar-refractivity contribution in [3.8, 4) is 6.07 Å². The maximum atomic E-state index is 12.2. The number of furan rings is 1. The summed E-state index contributed by atoms with van der Waals surface area (Å²) in [5.74, 6) is 0.475. The van der Waals surface area contributed by atoms with Crippen LogP contribution in [0.25, 0.3) is 6.08 Å². The number of amides is 2. The van der Waals surface area contributed by atoms with Crippen LogP contribution in [-0.2, 0) is 22.4 Å². The van der Waals surface area contributed by atoms with Crippen LogP contribution in [0.5, 0.6) is 0 Å². The van der Waals surface area contributed by atoms with Gasteiger partial charge in [-0.05, 0) is 49.0 Å². The normalized spacial score (nSPS) is 15.7. The number of nitrogens with zero attached hydrogens (tertiary/aromatic N) is 2. The molecule has 0 aromatic carbocycles. The van der Waals surface area contributed by atoms with Crippen molar-refractivity contribution in [2.45, 2.75) is 19.3 Å². The van der Waals surface area contributed by atoms with Gasteiger partial charge in [0.15, 0.2) is 0 Å². The quantitative estimate of drug-likeness (QED) is 0.774. The molecule has 28 heavy (non-hydrogen) atoms. The van der Waals surface area contributed by atoms with Crippen molar-refractivity contribution in [2.24, 2.45) is 5.92 Å². The molecule has 2 aromatic heterocycles. The summed E-state index contributed by atoms with van der Waals surface area (Å²) in [6, 6.07) is 5.71. The number of carbonyl (C=O) groups is 2. The molecule has 1 N–H and O–H groups in total. The molecule has 1 aliphatic carbocycles. The third kappa shape index (κ3) is 4.61. The zero-order valence-corrected chi connectivity index (χ0v) is 16.5. The highest BCUT2D eigenvalue weighted by molar-refractivity contribution is 7.16. The zero-order valence-electron chi connectivity index (χ0n) is 15.7. The number of hydrogen-bond acceptors (Lipinski definition) is 6. The van der Waals surface area contributed by atoms with Crippen molar-refractivity contribution in [2.75, 3.05) is 26.0 Å². The Bertz CT molecular complexity index is 922. The van der Waals surface area contributed by atoms with Crippen LogP contribution in [0.15, 0.2) is 28.9 Å². The largest absolute Gasteiger partial charge is 0.465 e. The van der Waals surface area contributed by atoms with Crippen molar-refractivity contribution in [1.29, 1.82) is 5.26 Å². The van der Waals surface area contributed by atoms with Crippen LogP contribution in [0, 0.1) is 17.2 Å². The van der Waals surface area contributed by atoms with E-state index in [1.54, 1.807) is 32.3 Å². The molecule has 1 atom stereocenters. The minimum atomic E-state index is -0.356. The molecule has 2 amide bonds. The number of nitrogens with one attached hydrogen (secondary N) is 1. The third-order valence-corrected chi connectivity index (χ3v) is 5.64. The monoisotopic (exact) mass is 399 g/mol. The molecule has 0 bridgehead atoms. The van der Waals surface area contributed by atoms with Crippen LogP contribution >= 0.6 is 11.3 Å². The molecule has 2 heterocycles. The third-order valence-electron chi connectivity index (χ3n) is 4.47. The second-order valence-corrected chi connectivity index (χ2v) is 7.84. The fourth-order valence-electron chi connectivity index (χ4n) is 3.02. The average Bonchev–Trinajstić information content (AvgIpc) is 3.31. The molecule has 2 aromatic rings. The molecule has 0 saturated heterocycles. The van der Waals surface area contributed by atoms with Gasteiger partial charge in [-0.25, -0.2) is 4.79 Å². The van der Waals surface area contributed by atoms with Gasteiger partial charge < -0.3 is 19.4 Å². The molecule has 0 radical (unpaired) electrons. The van der Waals surface area contributed by atoms with E-state index < -0.39 is 0 Å². The van der Waals surface area contributed by atoms with Crippen LogP contribution < -0.4 is 5.32 Å². The predicted octanol–water partition coefficient (Wildman–Crippen LogP) is 3.67. The topological polar surface area (TPSA) is 95.6 Å². The smallest absolute Gasteiger partial charge is 0.409 e. The summed E-state index contributed by atoms with van der Waals surface area (Å²) in [5.41, 5.74) is 1.52. The first-order valence-corrected chi connectivity index (χ1v) is 9.71. The first kappa shape index (κ1) is 19.7. The fraction of sp³-hybridized carbons (Fsp3) is 0.350. The Morgan fingerprint density at radius 1 is 1.50 bits per heavy atom. The molecule has 0 aliphatic heterocycles. The number of hydrogen-bond donors (Lipinski definition) is 1. The van der Waals surface area contributed by atoms with Gasteiger partial charge in [0, 0.05) is 25.0 Å². The maximum absolute atomic E-state index is 12.2. The van der Waals surface area contributed by atoms with Crippen molar-refractivity contribution >= 4 is 34.4 Å². The minimum absolute atomic E-state index is 0.212. The van der Waals surface area contributed by atoms with E-state index in [2.05, 4.69) is 11.4 Å². The molecule has 7 nitrogen and oxygen atoms in total. The summed E-state index contributed by atoms with van der Waals surface area (Å²) in [5, 5.41) is 12.9. The van der Waals surface area contributed by atoms with Gasteiger partial charge in [-0.15, -0.1) is 11.3 Å². The Labute approximate surface area is 167 Å². The first-order chi connectivity index (χ1) is 13.5. The van der Waals surface area contributed by atoms with E-state index in [1.165, 1.54) is 28.6 Å². The summed E-state index contributed by atoms with van der Waals surface area (Å²) in [6.07, 6.45) is 6.43. The summed E-state index contributed by atoms with van der Waals surface area (Å²) in [7, 11) is 3.30. The number of nitriles is 1. The van der Waals surface area contributed by atoms with Crippen LogP contribution in [0.4, 0.5) is 9.80 Å². The SMILES string of the molecule is CN(C)C(=O)OCC1CCc2c(sc(NC(=O)/C=C/c3ccco3)c2C#N)C1. The number of thiophene rings is 1. The Morgan fingerprint density at radius 3 is 3.00 bits per heavy atom. The van der Waals surface area contributed by atoms with Crippen LogP contribution in [0.2, 0.25) is 0 Å². The zero-order chi connectivity index (χ0) is 20.1. The van der Waals surface area contributed by atoms with E-state index in [1.807, 2.05) is 0 Å². The van der Waals surface area contributed by atoms with Crippen molar-refractivity contribution in [1.82, 2.24) is 4.90 Å². The number of ether oxygens (including phenoxy) is 1. The van der Waals surface area contributed by atoms with Gasteiger partial charge in [-0.3, -0.25) is 4.79 Å². The van der Waals surface area contributed by atoms with E-state index in [9.17, 15) is 14.9 Å². The predicted molar refractivity (Wildman–Crippen MR) is 106 cm³/mol. The van der Waals surface area contributed by atoms with E-state index in [-0.39, 0.29) is 17.9 Å². The van der Waals surface area contributed by atoms with Crippen LogP contribution in [-0.4, -0.2) is 37.6 Å². The lowest BCUT2D eigenvalue weighted by molar-refractivity contribution is -0.111. The standard InChI is InChI=1S/C20H21N3O4S/c1-23(2)20(25)27-12-13-5-7-15-16(11-21)19(28-17(15)10-13)22-18(24)8-6-14-4-3-9-26-14/h3-4,6,8-9,13H,5,7,10,12H2,1-2H3,(H,22,24)/b8-6+. The van der Waals surface area contributed by atoms with E-state index in [0.717, 1.165) is 29.7 Å². The van der Waals surface area contributed by atoms with Crippen molar-refractivity contribution < 1.29 is 18.7 Å².